The Balaban J connectivity index is 3.39. The molecule has 0 amide bonds. The second-order valence-electron chi connectivity index (χ2n) is 2.83. The minimum Gasteiger partial charge on any atom is -0.258 e. The largest absolute Gasteiger partial charge is 0.417 e. The Bertz CT molecular complexity index is 420. The van der Waals surface area contributed by atoms with Crippen molar-refractivity contribution in [1.82, 2.24) is 0 Å². The van der Waals surface area contributed by atoms with E-state index in [1.807, 2.05) is 0 Å². The summed E-state index contributed by atoms with van der Waals surface area (Å²) < 4.78 is 37.5. The standard InChI is InChI=1S/C8H4Cl2F3NO2/c9-7(10)5-2-1-4(14(15)16)3-6(5)8(11,12)13/h1-3,7H. The van der Waals surface area contributed by atoms with Gasteiger partial charge in [-0.25, -0.2) is 0 Å². The third-order valence-corrected chi connectivity index (χ3v) is 2.26. The van der Waals surface area contributed by atoms with Gasteiger partial charge in [-0.15, -0.1) is 23.2 Å². The van der Waals surface area contributed by atoms with Crippen LogP contribution in [-0.2, 0) is 6.18 Å². The fourth-order valence-electron chi connectivity index (χ4n) is 1.09. The molecule has 0 heterocycles. The van der Waals surface area contributed by atoms with Crippen molar-refractivity contribution in [2.24, 2.45) is 0 Å². The lowest BCUT2D eigenvalue weighted by atomic mass is 10.1. The molecule has 0 aliphatic carbocycles. The van der Waals surface area contributed by atoms with Crippen LogP contribution in [0, 0.1) is 10.1 Å². The number of rotatable bonds is 2. The normalized spacial score (nSPS) is 11.9. The van der Waals surface area contributed by atoms with Gasteiger partial charge in [0.2, 0.25) is 0 Å². The van der Waals surface area contributed by atoms with Gasteiger partial charge in [0.05, 0.1) is 10.5 Å². The number of non-ortho nitro benzene ring substituents is 1. The molecule has 0 fully saturated rings. The zero-order valence-corrected chi connectivity index (χ0v) is 8.97. The number of benzene rings is 1. The van der Waals surface area contributed by atoms with E-state index in [2.05, 4.69) is 0 Å². The molecule has 0 saturated heterocycles. The third kappa shape index (κ3) is 2.76. The number of halogens is 5. The predicted molar refractivity (Wildman–Crippen MR) is 52.5 cm³/mol. The Morgan fingerprint density at radius 1 is 1.31 bits per heavy atom. The van der Waals surface area contributed by atoms with Crippen LogP contribution in [0.1, 0.15) is 16.0 Å². The number of hydrogen-bond donors (Lipinski definition) is 0. The van der Waals surface area contributed by atoms with E-state index in [9.17, 15) is 23.3 Å². The van der Waals surface area contributed by atoms with Gasteiger partial charge < -0.3 is 0 Å². The van der Waals surface area contributed by atoms with Crippen LogP contribution in [0.4, 0.5) is 18.9 Å². The zero-order chi connectivity index (χ0) is 12.5. The summed E-state index contributed by atoms with van der Waals surface area (Å²) in [6.45, 7) is 0. The molecule has 88 valence electrons. The van der Waals surface area contributed by atoms with Crippen LogP contribution in [0.3, 0.4) is 0 Å². The lowest BCUT2D eigenvalue weighted by molar-refractivity contribution is -0.385. The molecule has 1 aromatic carbocycles. The average molecular weight is 274 g/mol. The highest BCUT2D eigenvalue weighted by atomic mass is 35.5. The molecule has 0 saturated carbocycles. The molecular weight excluding hydrogens is 270 g/mol. The lowest BCUT2D eigenvalue weighted by Crippen LogP contribution is -2.09. The highest BCUT2D eigenvalue weighted by Gasteiger charge is 2.36. The van der Waals surface area contributed by atoms with E-state index >= 15 is 0 Å². The Hall–Kier alpha value is -1.01. The summed E-state index contributed by atoms with van der Waals surface area (Å²) in [6.07, 6.45) is -4.73. The summed E-state index contributed by atoms with van der Waals surface area (Å²) in [7, 11) is 0. The summed E-state index contributed by atoms with van der Waals surface area (Å²) in [5.74, 6) is 0. The maximum atomic E-state index is 12.5. The molecule has 0 N–H and O–H groups in total. The highest BCUT2D eigenvalue weighted by molar-refractivity contribution is 6.44. The molecule has 1 aromatic rings. The van der Waals surface area contributed by atoms with Gasteiger partial charge in [0.15, 0.2) is 0 Å². The maximum Gasteiger partial charge on any atom is 0.417 e. The SMILES string of the molecule is O=[N+]([O-])c1ccc(C(Cl)Cl)c(C(F)(F)F)c1. The minimum atomic E-state index is -4.73. The minimum absolute atomic E-state index is 0.401. The van der Waals surface area contributed by atoms with E-state index in [0.29, 0.717) is 6.07 Å². The van der Waals surface area contributed by atoms with Gasteiger partial charge in [-0.05, 0) is 11.6 Å². The van der Waals surface area contributed by atoms with Gasteiger partial charge in [0, 0.05) is 12.1 Å². The molecule has 0 aliphatic rings. The predicted octanol–water partition coefficient (Wildman–Crippen LogP) is 4.09. The van der Waals surface area contributed by atoms with E-state index in [4.69, 9.17) is 23.2 Å². The van der Waals surface area contributed by atoms with Crippen LogP contribution in [0.5, 0.6) is 0 Å². The molecule has 0 aliphatic heterocycles. The molecule has 1 rings (SSSR count). The van der Waals surface area contributed by atoms with Crippen molar-refractivity contribution >= 4 is 28.9 Å². The second kappa shape index (κ2) is 4.47. The molecular formula is C8H4Cl2F3NO2. The van der Waals surface area contributed by atoms with Crippen LogP contribution < -0.4 is 0 Å². The van der Waals surface area contributed by atoms with Crippen molar-refractivity contribution in [3.63, 3.8) is 0 Å². The quantitative estimate of drug-likeness (QED) is 0.463. The van der Waals surface area contributed by atoms with E-state index in [1.54, 1.807) is 0 Å². The number of hydrogen-bond acceptors (Lipinski definition) is 2. The summed E-state index contributed by atoms with van der Waals surface area (Å²) in [5.41, 5.74) is -2.26. The van der Waals surface area contributed by atoms with Gasteiger partial charge in [0.25, 0.3) is 5.69 Å². The summed E-state index contributed by atoms with van der Waals surface area (Å²) in [6, 6.07) is 2.22. The topological polar surface area (TPSA) is 43.1 Å². The summed E-state index contributed by atoms with van der Waals surface area (Å²) >= 11 is 10.7. The van der Waals surface area contributed by atoms with Crippen molar-refractivity contribution in [1.29, 1.82) is 0 Å². The number of nitrogens with zero attached hydrogens (tertiary/aromatic N) is 1. The lowest BCUT2D eigenvalue weighted by Gasteiger charge is -2.12. The van der Waals surface area contributed by atoms with E-state index in [0.717, 1.165) is 12.1 Å². The Morgan fingerprint density at radius 2 is 1.88 bits per heavy atom. The van der Waals surface area contributed by atoms with Crippen molar-refractivity contribution < 1.29 is 18.1 Å². The molecule has 0 bridgehead atoms. The second-order valence-corrected chi connectivity index (χ2v) is 3.92. The number of alkyl halides is 5. The van der Waals surface area contributed by atoms with Crippen LogP contribution in [0.2, 0.25) is 0 Å². The van der Waals surface area contributed by atoms with E-state index < -0.39 is 32.8 Å². The maximum absolute atomic E-state index is 12.5. The first kappa shape index (κ1) is 13.1. The van der Waals surface area contributed by atoms with E-state index in [-0.39, 0.29) is 0 Å². The first-order valence-corrected chi connectivity index (χ1v) is 4.74. The van der Waals surface area contributed by atoms with Crippen molar-refractivity contribution in [3.8, 4) is 0 Å². The molecule has 16 heavy (non-hydrogen) atoms. The first-order chi connectivity index (χ1) is 7.23. The average Bonchev–Trinajstić information content (AvgIpc) is 2.15. The molecule has 0 aromatic heterocycles. The van der Waals surface area contributed by atoms with Crippen LogP contribution in [0.15, 0.2) is 18.2 Å². The first-order valence-electron chi connectivity index (χ1n) is 3.87. The fraction of sp³-hybridized carbons (Fsp3) is 0.250. The van der Waals surface area contributed by atoms with Crippen LogP contribution in [0.25, 0.3) is 0 Å². The Labute approximate surface area is 97.9 Å². The zero-order valence-electron chi connectivity index (χ0n) is 7.46. The molecule has 0 atom stereocenters. The Kier molecular flexibility index (Phi) is 3.64. The van der Waals surface area contributed by atoms with E-state index in [1.165, 1.54) is 0 Å². The number of nitro benzene ring substituents is 1. The monoisotopic (exact) mass is 273 g/mol. The van der Waals surface area contributed by atoms with Crippen molar-refractivity contribution in [3.05, 3.63) is 39.4 Å². The van der Waals surface area contributed by atoms with Crippen molar-refractivity contribution in [2.45, 2.75) is 11.0 Å². The van der Waals surface area contributed by atoms with Gasteiger partial charge in [-0.2, -0.15) is 13.2 Å². The smallest absolute Gasteiger partial charge is 0.258 e. The number of nitro groups is 1. The molecule has 8 heteroatoms. The van der Waals surface area contributed by atoms with Gasteiger partial charge in [-0.3, -0.25) is 10.1 Å². The van der Waals surface area contributed by atoms with Crippen LogP contribution in [-0.4, -0.2) is 4.92 Å². The van der Waals surface area contributed by atoms with Crippen molar-refractivity contribution in [2.75, 3.05) is 0 Å². The third-order valence-electron chi connectivity index (χ3n) is 1.79. The molecule has 0 spiro atoms. The van der Waals surface area contributed by atoms with Crippen LogP contribution >= 0.6 is 23.2 Å². The molecule has 3 nitrogen and oxygen atoms in total. The molecule has 0 unspecified atom stereocenters. The fourth-order valence-corrected chi connectivity index (χ4v) is 1.47. The molecule has 0 radical (unpaired) electrons. The summed E-state index contributed by atoms with van der Waals surface area (Å²) in [5, 5.41) is 10.3. The van der Waals surface area contributed by atoms with Gasteiger partial charge in [0.1, 0.15) is 4.84 Å². The van der Waals surface area contributed by atoms with Gasteiger partial charge >= 0.3 is 6.18 Å². The highest BCUT2D eigenvalue weighted by Crippen LogP contribution is 2.39. The van der Waals surface area contributed by atoms with Gasteiger partial charge in [-0.1, -0.05) is 0 Å². The Morgan fingerprint density at radius 3 is 2.25 bits per heavy atom. The summed E-state index contributed by atoms with van der Waals surface area (Å²) in [4.78, 5) is 8.02.